The molecule has 1 aromatic rings. The molecule has 2 rings (SSSR count). The molecule has 1 saturated carbocycles. The number of nitrogens with one attached hydrogen (secondary N) is 1. The Morgan fingerprint density at radius 3 is 2.44 bits per heavy atom. The summed E-state index contributed by atoms with van der Waals surface area (Å²) in [6.45, 7) is 2.81. The van der Waals surface area contributed by atoms with Crippen molar-refractivity contribution in [2.24, 2.45) is 0 Å². The molecule has 7 nitrogen and oxygen atoms in total. The van der Waals surface area contributed by atoms with Gasteiger partial charge in [0, 0.05) is 13.1 Å². The first-order chi connectivity index (χ1) is 12.7. The lowest BCUT2D eigenvalue weighted by atomic mass is 9.94. The normalized spacial score (nSPS) is 15.4. The number of amides is 1. The zero-order chi connectivity index (χ0) is 20.0. The number of benzene rings is 1. The molecule has 0 spiro atoms. The molecule has 1 fully saturated rings. The summed E-state index contributed by atoms with van der Waals surface area (Å²) < 4.78 is 31.7. The van der Waals surface area contributed by atoms with E-state index in [4.69, 9.17) is 4.74 Å². The monoisotopic (exact) mass is 396 g/mol. The number of nitrogens with zero attached hydrogens (tertiary/aromatic N) is 1. The molecule has 0 unspecified atom stereocenters. The van der Waals surface area contributed by atoms with Gasteiger partial charge in [0.25, 0.3) is 5.91 Å². The number of likely N-dealkylation sites (N-methyl/N-ethyl adjacent to an activating group) is 1. The Morgan fingerprint density at radius 1 is 1.15 bits per heavy atom. The van der Waals surface area contributed by atoms with Crippen LogP contribution in [0.5, 0.6) is 0 Å². The van der Waals surface area contributed by atoms with Crippen LogP contribution in [0.15, 0.2) is 23.1 Å². The largest absolute Gasteiger partial charge is 0.455 e. The number of hydrogen-bond acceptors (Lipinski definition) is 5. The number of aryl methyl sites for hydroxylation is 2. The number of carbonyl (C=O) groups excluding carboxylic acids is 2. The van der Waals surface area contributed by atoms with Gasteiger partial charge in [0.15, 0.2) is 6.61 Å². The van der Waals surface area contributed by atoms with Crippen molar-refractivity contribution in [2.75, 3.05) is 20.2 Å². The van der Waals surface area contributed by atoms with Crippen LogP contribution in [0.3, 0.4) is 0 Å². The van der Waals surface area contributed by atoms with Crippen LogP contribution in [0, 0.1) is 13.8 Å². The van der Waals surface area contributed by atoms with Gasteiger partial charge in [0.05, 0.1) is 4.90 Å². The third kappa shape index (κ3) is 6.04. The summed E-state index contributed by atoms with van der Waals surface area (Å²) in [5, 5.41) is 0. The fourth-order valence-electron chi connectivity index (χ4n) is 3.09. The Hall–Kier alpha value is -1.93. The molecule has 0 heterocycles. The quantitative estimate of drug-likeness (QED) is 0.711. The van der Waals surface area contributed by atoms with E-state index in [2.05, 4.69) is 4.72 Å². The fourth-order valence-corrected chi connectivity index (χ4v) is 4.14. The number of rotatable bonds is 7. The predicted octanol–water partition coefficient (Wildman–Crippen LogP) is 1.92. The summed E-state index contributed by atoms with van der Waals surface area (Å²) in [6, 6.07) is 4.93. The van der Waals surface area contributed by atoms with Crippen LogP contribution in [-0.2, 0) is 24.3 Å². The predicted molar refractivity (Wildman–Crippen MR) is 102 cm³/mol. The lowest BCUT2D eigenvalue weighted by molar-refractivity contribution is -0.151. The molecule has 0 atom stereocenters. The Labute approximate surface area is 161 Å². The molecule has 1 aliphatic carbocycles. The van der Waals surface area contributed by atoms with Crippen LogP contribution in [-0.4, -0.2) is 51.4 Å². The van der Waals surface area contributed by atoms with Crippen molar-refractivity contribution in [3.8, 4) is 0 Å². The van der Waals surface area contributed by atoms with Gasteiger partial charge in [-0.2, -0.15) is 4.72 Å². The third-order valence-electron chi connectivity index (χ3n) is 5.07. The molecule has 150 valence electrons. The van der Waals surface area contributed by atoms with Crippen molar-refractivity contribution in [2.45, 2.75) is 56.9 Å². The molecule has 0 saturated heterocycles. The molecule has 1 amide bonds. The summed E-state index contributed by atoms with van der Waals surface area (Å²) in [5.41, 5.74) is 1.82. The summed E-state index contributed by atoms with van der Waals surface area (Å²) in [7, 11) is -2.10. The number of carbonyl (C=O) groups is 2. The summed E-state index contributed by atoms with van der Waals surface area (Å²) >= 11 is 0. The van der Waals surface area contributed by atoms with E-state index in [1.807, 2.05) is 13.8 Å². The van der Waals surface area contributed by atoms with Crippen molar-refractivity contribution in [1.82, 2.24) is 9.62 Å². The van der Waals surface area contributed by atoms with E-state index in [-0.39, 0.29) is 23.5 Å². The maximum Gasteiger partial charge on any atom is 0.321 e. The smallest absolute Gasteiger partial charge is 0.321 e. The van der Waals surface area contributed by atoms with Crippen molar-refractivity contribution in [1.29, 1.82) is 0 Å². The van der Waals surface area contributed by atoms with E-state index < -0.39 is 22.5 Å². The summed E-state index contributed by atoms with van der Waals surface area (Å²) in [6.07, 6.45) is 5.32. The van der Waals surface area contributed by atoms with Gasteiger partial charge in [0.2, 0.25) is 10.0 Å². The van der Waals surface area contributed by atoms with Crippen LogP contribution in [0.4, 0.5) is 0 Å². The Morgan fingerprint density at radius 2 is 1.81 bits per heavy atom. The zero-order valence-electron chi connectivity index (χ0n) is 16.2. The minimum Gasteiger partial charge on any atom is -0.455 e. The molecule has 27 heavy (non-hydrogen) atoms. The van der Waals surface area contributed by atoms with Gasteiger partial charge < -0.3 is 9.64 Å². The molecular formula is C19H28N2O5S. The van der Waals surface area contributed by atoms with Crippen molar-refractivity contribution >= 4 is 21.9 Å². The minimum atomic E-state index is -3.81. The Bertz CT molecular complexity index is 785. The van der Waals surface area contributed by atoms with Crippen LogP contribution >= 0.6 is 0 Å². The SMILES string of the molecule is Cc1ccc(S(=O)(=O)NCC(=O)OCC(=O)N(C)C2CCCCC2)cc1C. The first kappa shape index (κ1) is 21.4. The van der Waals surface area contributed by atoms with E-state index in [9.17, 15) is 18.0 Å². The van der Waals surface area contributed by atoms with Gasteiger partial charge in [-0.3, -0.25) is 9.59 Å². The van der Waals surface area contributed by atoms with E-state index in [0.29, 0.717) is 0 Å². The van der Waals surface area contributed by atoms with Gasteiger partial charge in [0.1, 0.15) is 6.54 Å². The highest BCUT2D eigenvalue weighted by Gasteiger charge is 2.23. The van der Waals surface area contributed by atoms with E-state index in [0.717, 1.165) is 36.8 Å². The van der Waals surface area contributed by atoms with Gasteiger partial charge in [-0.05, 0) is 49.9 Å². The molecule has 1 aliphatic rings. The first-order valence-corrected chi connectivity index (χ1v) is 10.7. The molecule has 1 aromatic carbocycles. The second kappa shape index (κ2) is 9.32. The lowest BCUT2D eigenvalue weighted by Gasteiger charge is -2.31. The maximum absolute atomic E-state index is 12.3. The lowest BCUT2D eigenvalue weighted by Crippen LogP contribution is -2.41. The summed E-state index contributed by atoms with van der Waals surface area (Å²) in [5.74, 6) is -1.06. The molecule has 0 aromatic heterocycles. The van der Waals surface area contributed by atoms with Crippen molar-refractivity contribution in [3.05, 3.63) is 29.3 Å². The van der Waals surface area contributed by atoms with E-state index >= 15 is 0 Å². The second-order valence-corrected chi connectivity index (χ2v) is 8.79. The maximum atomic E-state index is 12.3. The van der Waals surface area contributed by atoms with Crippen LogP contribution in [0.1, 0.15) is 43.2 Å². The van der Waals surface area contributed by atoms with Gasteiger partial charge in [-0.15, -0.1) is 0 Å². The fraction of sp³-hybridized carbons (Fsp3) is 0.579. The zero-order valence-corrected chi connectivity index (χ0v) is 17.0. The van der Waals surface area contributed by atoms with Crippen molar-refractivity contribution in [3.63, 3.8) is 0 Å². The van der Waals surface area contributed by atoms with E-state index in [1.165, 1.54) is 12.5 Å². The van der Waals surface area contributed by atoms with Crippen LogP contribution in [0.25, 0.3) is 0 Å². The number of ether oxygens (including phenoxy) is 1. The topological polar surface area (TPSA) is 92.8 Å². The van der Waals surface area contributed by atoms with Crippen LogP contribution in [0.2, 0.25) is 0 Å². The van der Waals surface area contributed by atoms with E-state index in [1.54, 1.807) is 24.1 Å². The Kier molecular flexibility index (Phi) is 7.38. The Balaban J connectivity index is 1.81. The molecule has 0 bridgehead atoms. The standard InChI is InChI=1S/C19H28N2O5S/c1-14-9-10-17(11-15(14)2)27(24,25)20-12-19(23)26-13-18(22)21(3)16-7-5-4-6-8-16/h9-11,16,20H,4-8,12-13H2,1-3H3. The van der Waals surface area contributed by atoms with Crippen LogP contribution < -0.4 is 4.72 Å². The number of sulfonamides is 1. The second-order valence-electron chi connectivity index (χ2n) is 7.03. The first-order valence-electron chi connectivity index (χ1n) is 9.19. The molecule has 8 heteroatoms. The van der Waals surface area contributed by atoms with Gasteiger partial charge in [-0.25, -0.2) is 8.42 Å². The highest BCUT2D eigenvalue weighted by molar-refractivity contribution is 7.89. The molecule has 1 N–H and O–H groups in total. The minimum absolute atomic E-state index is 0.0894. The highest BCUT2D eigenvalue weighted by Crippen LogP contribution is 2.21. The average molecular weight is 397 g/mol. The highest BCUT2D eigenvalue weighted by atomic mass is 32.2. The van der Waals surface area contributed by atoms with Gasteiger partial charge in [-0.1, -0.05) is 25.3 Å². The van der Waals surface area contributed by atoms with Crippen molar-refractivity contribution < 1.29 is 22.7 Å². The number of esters is 1. The molecule has 0 aliphatic heterocycles. The summed E-state index contributed by atoms with van der Waals surface area (Å²) in [4.78, 5) is 25.7. The number of hydrogen-bond donors (Lipinski definition) is 1. The van der Waals surface area contributed by atoms with Gasteiger partial charge >= 0.3 is 5.97 Å². The molecular weight excluding hydrogens is 368 g/mol. The molecule has 0 radical (unpaired) electrons. The average Bonchev–Trinajstić information content (AvgIpc) is 2.66. The third-order valence-corrected chi connectivity index (χ3v) is 6.47.